The summed E-state index contributed by atoms with van der Waals surface area (Å²) in [5, 5.41) is 20.6. The molecule has 1 aliphatic heterocycles. The number of para-hydroxylation sites is 1. The van der Waals surface area contributed by atoms with Gasteiger partial charge in [0.2, 0.25) is 5.95 Å². The normalized spacial score (nSPS) is 15.4. The van der Waals surface area contributed by atoms with Crippen molar-refractivity contribution in [3.63, 3.8) is 0 Å². The molecule has 8 nitrogen and oxygen atoms in total. The molecule has 0 saturated heterocycles. The Morgan fingerprint density at radius 3 is 2.83 bits per heavy atom. The van der Waals surface area contributed by atoms with Gasteiger partial charge in [0.1, 0.15) is 12.4 Å². The lowest BCUT2D eigenvalue weighted by molar-refractivity contribution is -0.113. The van der Waals surface area contributed by atoms with Crippen molar-refractivity contribution in [1.82, 2.24) is 14.8 Å². The summed E-state index contributed by atoms with van der Waals surface area (Å²) in [6.45, 7) is 6.03. The third-order valence-electron chi connectivity index (χ3n) is 5.03. The van der Waals surface area contributed by atoms with E-state index in [4.69, 9.17) is 4.74 Å². The topological polar surface area (TPSA) is 101 Å². The third kappa shape index (κ3) is 3.47. The number of benzene rings is 2. The summed E-state index contributed by atoms with van der Waals surface area (Å²) in [6, 6.07) is 12.1. The SMILES string of the molecule is CCOc1cc([C@H]2C(C(=O)Nc3ccccc3C)=C(C)Nc3ncnn32)ccc1O. The summed E-state index contributed by atoms with van der Waals surface area (Å²) in [6.07, 6.45) is 1.44. The molecule has 2 aromatic carbocycles. The number of fused-ring (bicyclic) bond motifs is 1. The Kier molecular flexibility index (Phi) is 5.14. The number of nitrogens with one attached hydrogen (secondary N) is 2. The number of nitrogens with zero attached hydrogens (tertiary/aromatic N) is 3. The number of ether oxygens (including phenoxy) is 1. The number of phenols is 1. The van der Waals surface area contributed by atoms with Gasteiger partial charge in [0.05, 0.1) is 12.2 Å². The molecule has 0 bridgehead atoms. The fourth-order valence-electron chi connectivity index (χ4n) is 3.57. The van der Waals surface area contributed by atoms with Gasteiger partial charge >= 0.3 is 0 Å². The van der Waals surface area contributed by atoms with E-state index in [0.717, 1.165) is 16.8 Å². The van der Waals surface area contributed by atoms with Crippen LogP contribution in [0.5, 0.6) is 11.5 Å². The van der Waals surface area contributed by atoms with Crippen LogP contribution in [0.3, 0.4) is 0 Å². The Bertz CT molecular complexity index is 1140. The lowest BCUT2D eigenvalue weighted by Crippen LogP contribution is -2.31. The highest BCUT2D eigenvalue weighted by molar-refractivity contribution is 6.06. The molecule has 1 aromatic heterocycles. The summed E-state index contributed by atoms with van der Waals surface area (Å²) in [7, 11) is 0. The van der Waals surface area contributed by atoms with Crippen molar-refractivity contribution in [2.75, 3.05) is 17.2 Å². The van der Waals surface area contributed by atoms with Crippen LogP contribution in [0.25, 0.3) is 0 Å². The summed E-state index contributed by atoms with van der Waals surface area (Å²) in [5.41, 5.74) is 3.64. The van der Waals surface area contributed by atoms with Crippen molar-refractivity contribution in [2.45, 2.75) is 26.8 Å². The predicted molar refractivity (Wildman–Crippen MR) is 114 cm³/mol. The van der Waals surface area contributed by atoms with Crippen molar-refractivity contribution in [3.05, 3.63) is 71.2 Å². The van der Waals surface area contributed by atoms with E-state index in [-0.39, 0.29) is 11.7 Å². The Morgan fingerprint density at radius 2 is 2.07 bits per heavy atom. The molecule has 1 atom stereocenters. The monoisotopic (exact) mass is 405 g/mol. The van der Waals surface area contributed by atoms with E-state index >= 15 is 0 Å². The fourth-order valence-corrected chi connectivity index (χ4v) is 3.57. The number of rotatable bonds is 5. The fraction of sp³-hybridized carbons (Fsp3) is 0.227. The van der Waals surface area contributed by atoms with Crippen molar-refractivity contribution in [1.29, 1.82) is 0 Å². The Morgan fingerprint density at radius 1 is 1.27 bits per heavy atom. The third-order valence-corrected chi connectivity index (χ3v) is 5.03. The molecule has 0 saturated carbocycles. The minimum Gasteiger partial charge on any atom is -0.504 e. The van der Waals surface area contributed by atoms with E-state index in [9.17, 15) is 9.90 Å². The number of aryl methyl sites for hydroxylation is 1. The second kappa shape index (κ2) is 7.90. The van der Waals surface area contributed by atoms with Crippen molar-refractivity contribution >= 4 is 17.5 Å². The van der Waals surface area contributed by atoms with Crippen LogP contribution in [0.1, 0.15) is 31.0 Å². The van der Waals surface area contributed by atoms with Gasteiger partial charge in [0, 0.05) is 11.4 Å². The van der Waals surface area contributed by atoms with Gasteiger partial charge in [0.15, 0.2) is 11.5 Å². The molecular formula is C22H23N5O3. The maximum Gasteiger partial charge on any atom is 0.255 e. The zero-order valence-electron chi connectivity index (χ0n) is 17.0. The number of carbonyl (C=O) groups is 1. The van der Waals surface area contributed by atoms with Gasteiger partial charge in [-0.25, -0.2) is 4.68 Å². The van der Waals surface area contributed by atoms with Gasteiger partial charge in [-0.1, -0.05) is 24.3 Å². The van der Waals surface area contributed by atoms with Gasteiger partial charge in [-0.3, -0.25) is 4.79 Å². The van der Waals surface area contributed by atoms with Crippen LogP contribution in [-0.4, -0.2) is 32.4 Å². The summed E-state index contributed by atoms with van der Waals surface area (Å²) >= 11 is 0. The summed E-state index contributed by atoms with van der Waals surface area (Å²) in [5.74, 6) is 0.689. The molecule has 0 aliphatic carbocycles. The van der Waals surface area contributed by atoms with Gasteiger partial charge in [-0.15, -0.1) is 0 Å². The minimum atomic E-state index is -0.535. The summed E-state index contributed by atoms with van der Waals surface area (Å²) in [4.78, 5) is 17.6. The Hall–Kier alpha value is -3.81. The number of anilines is 2. The van der Waals surface area contributed by atoms with E-state index in [2.05, 4.69) is 20.7 Å². The second-order valence-electron chi connectivity index (χ2n) is 7.02. The number of aromatic nitrogens is 3. The minimum absolute atomic E-state index is 0.0416. The molecule has 0 spiro atoms. The molecule has 8 heteroatoms. The quantitative estimate of drug-likeness (QED) is 0.599. The maximum atomic E-state index is 13.4. The molecule has 30 heavy (non-hydrogen) atoms. The first kappa shape index (κ1) is 19.5. The highest BCUT2D eigenvalue weighted by Gasteiger charge is 2.34. The van der Waals surface area contributed by atoms with Gasteiger partial charge in [0.25, 0.3) is 5.91 Å². The van der Waals surface area contributed by atoms with E-state index in [1.54, 1.807) is 22.9 Å². The molecular weight excluding hydrogens is 382 g/mol. The average Bonchev–Trinajstić information content (AvgIpc) is 3.18. The van der Waals surface area contributed by atoms with Gasteiger partial charge in [-0.2, -0.15) is 10.1 Å². The molecule has 0 fully saturated rings. The Labute approximate surface area is 174 Å². The summed E-state index contributed by atoms with van der Waals surface area (Å²) < 4.78 is 7.20. The molecule has 3 N–H and O–H groups in total. The highest BCUT2D eigenvalue weighted by Crippen LogP contribution is 2.38. The number of amides is 1. The van der Waals surface area contributed by atoms with Crippen LogP contribution >= 0.6 is 0 Å². The predicted octanol–water partition coefficient (Wildman–Crippen LogP) is 3.62. The van der Waals surface area contributed by atoms with Crippen LogP contribution in [0.15, 0.2) is 60.1 Å². The molecule has 0 unspecified atom stereocenters. The van der Waals surface area contributed by atoms with Crippen LogP contribution in [0.2, 0.25) is 0 Å². The second-order valence-corrected chi connectivity index (χ2v) is 7.02. The lowest BCUT2D eigenvalue weighted by atomic mass is 9.94. The average molecular weight is 405 g/mol. The van der Waals surface area contributed by atoms with Crippen molar-refractivity contribution < 1.29 is 14.6 Å². The highest BCUT2D eigenvalue weighted by atomic mass is 16.5. The molecule has 1 aliphatic rings. The number of aromatic hydroxyl groups is 1. The number of carbonyl (C=O) groups excluding carboxylic acids is 1. The van der Waals surface area contributed by atoms with Gasteiger partial charge in [-0.05, 0) is 50.1 Å². The van der Waals surface area contributed by atoms with E-state index in [1.165, 1.54) is 6.33 Å². The lowest BCUT2D eigenvalue weighted by Gasteiger charge is -2.29. The van der Waals surface area contributed by atoms with Crippen LogP contribution in [0.4, 0.5) is 11.6 Å². The first-order valence-corrected chi connectivity index (χ1v) is 9.69. The van der Waals surface area contributed by atoms with Crippen LogP contribution in [0, 0.1) is 6.92 Å². The largest absolute Gasteiger partial charge is 0.504 e. The number of hydrogen-bond acceptors (Lipinski definition) is 6. The number of allylic oxidation sites excluding steroid dienone is 1. The van der Waals surface area contributed by atoms with Crippen LogP contribution < -0.4 is 15.4 Å². The van der Waals surface area contributed by atoms with Crippen LogP contribution in [-0.2, 0) is 4.79 Å². The zero-order valence-corrected chi connectivity index (χ0v) is 17.0. The van der Waals surface area contributed by atoms with Gasteiger partial charge < -0.3 is 20.5 Å². The van der Waals surface area contributed by atoms with E-state index in [0.29, 0.717) is 29.6 Å². The van der Waals surface area contributed by atoms with Crippen molar-refractivity contribution in [2.24, 2.45) is 0 Å². The van der Waals surface area contributed by atoms with Crippen molar-refractivity contribution in [3.8, 4) is 11.5 Å². The molecule has 154 valence electrons. The zero-order chi connectivity index (χ0) is 21.3. The number of phenolic OH excluding ortho intramolecular Hbond substituents is 1. The molecule has 4 rings (SSSR count). The first-order chi connectivity index (χ1) is 14.5. The maximum absolute atomic E-state index is 13.4. The Balaban J connectivity index is 1.79. The standard InChI is InChI=1S/C22H23N5O3/c1-4-30-18-11-15(9-10-17(18)28)20-19(14(3)25-22-23-12-24-27(20)22)21(29)26-16-8-6-5-7-13(16)2/h5-12,20,28H,4H2,1-3H3,(H,26,29)(H,23,24,25)/t20-/m0/s1. The molecule has 3 aromatic rings. The first-order valence-electron chi connectivity index (χ1n) is 9.69. The molecule has 1 amide bonds. The van der Waals surface area contributed by atoms with E-state index in [1.807, 2.05) is 45.0 Å². The molecule has 0 radical (unpaired) electrons. The smallest absolute Gasteiger partial charge is 0.255 e. The number of hydrogen-bond donors (Lipinski definition) is 3. The van der Waals surface area contributed by atoms with E-state index < -0.39 is 6.04 Å². The molecule has 2 heterocycles.